The maximum atomic E-state index is 2.66. The van der Waals surface area contributed by atoms with E-state index in [-0.39, 0.29) is 0 Å². The molecule has 0 saturated carbocycles. The van der Waals surface area contributed by atoms with Crippen molar-refractivity contribution in [3.63, 3.8) is 0 Å². The lowest BCUT2D eigenvalue weighted by atomic mass is 9.78. The first-order valence-corrected chi connectivity index (χ1v) is 6.14. The second-order valence-electron chi connectivity index (χ2n) is 6.16. The van der Waals surface area contributed by atoms with Crippen LogP contribution >= 0.6 is 0 Å². The Morgan fingerprint density at radius 2 is 2.00 bits per heavy atom. The Bertz CT molecular complexity index is 172. The third-order valence-corrected chi connectivity index (χ3v) is 3.70. The van der Waals surface area contributed by atoms with E-state index < -0.39 is 0 Å². The van der Waals surface area contributed by atoms with E-state index in [4.69, 9.17) is 0 Å². The Hall–Kier alpha value is -0.0400. The van der Waals surface area contributed by atoms with Gasteiger partial charge in [-0.2, -0.15) is 0 Å². The largest absolute Gasteiger partial charge is 0.303 e. The predicted molar refractivity (Wildman–Crippen MR) is 63.5 cm³/mol. The highest BCUT2D eigenvalue weighted by Crippen LogP contribution is 2.33. The maximum absolute atomic E-state index is 2.66. The van der Waals surface area contributed by atoms with E-state index in [9.17, 15) is 0 Å². The highest BCUT2D eigenvalue weighted by Gasteiger charge is 2.30. The highest BCUT2D eigenvalue weighted by molar-refractivity contribution is 4.83. The molecule has 0 radical (unpaired) electrons. The number of likely N-dealkylation sites (tertiary alicyclic amines) is 1. The van der Waals surface area contributed by atoms with Crippen molar-refractivity contribution >= 4 is 0 Å². The van der Waals surface area contributed by atoms with Gasteiger partial charge in [0.05, 0.1) is 0 Å². The Kier molecular flexibility index (Phi) is 4.00. The van der Waals surface area contributed by atoms with E-state index in [0.717, 1.165) is 11.8 Å². The van der Waals surface area contributed by atoms with Gasteiger partial charge in [0, 0.05) is 13.1 Å². The normalized spacial score (nSPS) is 29.1. The first-order chi connectivity index (χ1) is 6.42. The number of hydrogen-bond acceptors (Lipinski definition) is 1. The molecule has 0 amide bonds. The van der Waals surface area contributed by atoms with Crippen LogP contribution in [0.2, 0.25) is 0 Å². The van der Waals surface area contributed by atoms with Crippen molar-refractivity contribution in [1.29, 1.82) is 0 Å². The van der Waals surface area contributed by atoms with Gasteiger partial charge in [-0.1, -0.05) is 34.6 Å². The molecule has 0 aliphatic carbocycles. The van der Waals surface area contributed by atoms with Gasteiger partial charge >= 0.3 is 0 Å². The molecule has 1 atom stereocenters. The summed E-state index contributed by atoms with van der Waals surface area (Å²) in [7, 11) is 0. The zero-order valence-electron chi connectivity index (χ0n) is 10.6. The average molecular weight is 197 g/mol. The molecule has 1 heteroatoms. The van der Waals surface area contributed by atoms with Gasteiger partial charge in [0.15, 0.2) is 0 Å². The molecule has 0 aromatic rings. The molecular formula is C13H27N. The molecule has 1 saturated heterocycles. The van der Waals surface area contributed by atoms with Crippen molar-refractivity contribution in [2.24, 2.45) is 17.3 Å². The van der Waals surface area contributed by atoms with Crippen molar-refractivity contribution in [3.05, 3.63) is 0 Å². The lowest BCUT2D eigenvalue weighted by Gasteiger charge is -2.34. The van der Waals surface area contributed by atoms with Crippen molar-refractivity contribution in [2.45, 2.75) is 47.5 Å². The van der Waals surface area contributed by atoms with E-state index in [1.54, 1.807) is 0 Å². The standard InChI is InChI=1S/C13H27N/c1-11(2)9-14-8-6-7-12(3)13(4,5)10-14/h11-12H,6-10H2,1-5H3. The number of hydrogen-bond donors (Lipinski definition) is 0. The van der Waals surface area contributed by atoms with Crippen LogP contribution in [0, 0.1) is 17.3 Å². The summed E-state index contributed by atoms with van der Waals surface area (Å²) in [4.78, 5) is 2.66. The van der Waals surface area contributed by atoms with Gasteiger partial charge in [-0.05, 0) is 36.6 Å². The Balaban J connectivity index is 2.55. The SMILES string of the molecule is CC(C)CN1CCCC(C)C(C)(C)C1. The minimum atomic E-state index is 0.505. The molecule has 1 fully saturated rings. The summed E-state index contributed by atoms with van der Waals surface area (Å²) in [6.07, 6.45) is 2.79. The minimum absolute atomic E-state index is 0.505. The summed E-state index contributed by atoms with van der Waals surface area (Å²) < 4.78 is 0. The molecule has 1 unspecified atom stereocenters. The van der Waals surface area contributed by atoms with Crippen LogP contribution in [0.4, 0.5) is 0 Å². The van der Waals surface area contributed by atoms with Crippen LogP contribution in [0.25, 0.3) is 0 Å². The van der Waals surface area contributed by atoms with Gasteiger partial charge in [0.1, 0.15) is 0 Å². The fraction of sp³-hybridized carbons (Fsp3) is 1.00. The van der Waals surface area contributed by atoms with Gasteiger partial charge in [-0.3, -0.25) is 0 Å². The van der Waals surface area contributed by atoms with Crippen LogP contribution in [0.15, 0.2) is 0 Å². The van der Waals surface area contributed by atoms with E-state index in [0.29, 0.717) is 5.41 Å². The van der Waals surface area contributed by atoms with Gasteiger partial charge in [-0.15, -0.1) is 0 Å². The van der Waals surface area contributed by atoms with Crippen LogP contribution in [-0.4, -0.2) is 24.5 Å². The topological polar surface area (TPSA) is 3.24 Å². The van der Waals surface area contributed by atoms with Crippen molar-refractivity contribution < 1.29 is 0 Å². The van der Waals surface area contributed by atoms with E-state index >= 15 is 0 Å². The van der Waals surface area contributed by atoms with Gasteiger partial charge in [-0.25, -0.2) is 0 Å². The molecule has 0 spiro atoms. The van der Waals surface area contributed by atoms with E-state index in [1.165, 1.54) is 32.5 Å². The monoisotopic (exact) mass is 197 g/mol. The van der Waals surface area contributed by atoms with Crippen LogP contribution in [0.1, 0.15) is 47.5 Å². The van der Waals surface area contributed by atoms with E-state index in [1.807, 2.05) is 0 Å². The summed E-state index contributed by atoms with van der Waals surface area (Å²) in [5.41, 5.74) is 0.505. The predicted octanol–water partition coefficient (Wildman–Crippen LogP) is 3.40. The van der Waals surface area contributed by atoms with Crippen molar-refractivity contribution in [3.8, 4) is 0 Å². The van der Waals surface area contributed by atoms with Crippen molar-refractivity contribution in [2.75, 3.05) is 19.6 Å². The fourth-order valence-electron chi connectivity index (χ4n) is 2.50. The van der Waals surface area contributed by atoms with E-state index in [2.05, 4.69) is 39.5 Å². The van der Waals surface area contributed by atoms with Crippen molar-refractivity contribution in [1.82, 2.24) is 4.90 Å². The third kappa shape index (κ3) is 3.27. The molecule has 1 aliphatic rings. The van der Waals surface area contributed by atoms with Gasteiger partial charge < -0.3 is 4.90 Å². The Morgan fingerprint density at radius 3 is 2.57 bits per heavy atom. The van der Waals surface area contributed by atoms with Crippen LogP contribution in [-0.2, 0) is 0 Å². The highest BCUT2D eigenvalue weighted by atomic mass is 15.1. The van der Waals surface area contributed by atoms with Gasteiger partial charge in [0.2, 0.25) is 0 Å². The molecule has 1 rings (SSSR count). The first kappa shape index (κ1) is 12.0. The zero-order valence-corrected chi connectivity index (χ0v) is 10.6. The molecule has 14 heavy (non-hydrogen) atoms. The lowest BCUT2D eigenvalue weighted by molar-refractivity contribution is 0.145. The smallest absolute Gasteiger partial charge is 0.00353 e. The van der Waals surface area contributed by atoms with Gasteiger partial charge in [0.25, 0.3) is 0 Å². The Labute approximate surface area is 89.9 Å². The molecule has 0 bridgehead atoms. The van der Waals surface area contributed by atoms with Crippen LogP contribution < -0.4 is 0 Å². The summed E-state index contributed by atoms with van der Waals surface area (Å²) in [5.74, 6) is 1.68. The van der Waals surface area contributed by atoms with Crippen LogP contribution in [0.3, 0.4) is 0 Å². The Morgan fingerprint density at radius 1 is 1.36 bits per heavy atom. The lowest BCUT2D eigenvalue weighted by Crippen LogP contribution is -2.37. The molecule has 0 aromatic carbocycles. The minimum Gasteiger partial charge on any atom is -0.303 e. The molecule has 84 valence electrons. The third-order valence-electron chi connectivity index (χ3n) is 3.70. The molecule has 1 heterocycles. The summed E-state index contributed by atoms with van der Waals surface area (Å²) >= 11 is 0. The average Bonchev–Trinajstić information content (AvgIpc) is 2.11. The number of rotatable bonds is 2. The summed E-state index contributed by atoms with van der Waals surface area (Å²) in [5, 5.41) is 0. The molecule has 1 nitrogen and oxygen atoms in total. The fourth-order valence-corrected chi connectivity index (χ4v) is 2.50. The molecule has 0 N–H and O–H groups in total. The second kappa shape index (κ2) is 4.65. The number of nitrogens with zero attached hydrogens (tertiary/aromatic N) is 1. The second-order valence-corrected chi connectivity index (χ2v) is 6.16. The molecular weight excluding hydrogens is 170 g/mol. The zero-order chi connectivity index (χ0) is 10.8. The molecule has 0 aromatic heterocycles. The first-order valence-electron chi connectivity index (χ1n) is 6.14. The maximum Gasteiger partial charge on any atom is 0.00353 e. The summed E-state index contributed by atoms with van der Waals surface area (Å²) in [6.45, 7) is 15.8. The quantitative estimate of drug-likeness (QED) is 0.656. The summed E-state index contributed by atoms with van der Waals surface area (Å²) in [6, 6.07) is 0. The van der Waals surface area contributed by atoms with Crippen LogP contribution in [0.5, 0.6) is 0 Å². The molecule has 1 aliphatic heterocycles.